The number of imidazole rings is 1. The number of hydrogen-bond donors (Lipinski definition) is 1. The van der Waals surface area contributed by atoms with Crippen molar-refractivity contribution in [3.63, 3.8) is 0 Å². The maximum Gasteiger partial charge on any atom is 0.246 e. The number of amides is 2. The van der Waals surface area contributed by atoms with Gasteiger partial charge in [0.1, 0.15) is 0 Å². The fraction of sp³-hybridized carbons (Fsp3) is 0.471. The van der Waals surface area contributed by atoms with Gasteiger partial charge in [-0.1, -0.05) is 0 Å². The van der Waals surface area contributed by atoms with Gasteiger partial charge in [-0.15, -0.1) is 11.3 Å². The van der Waals surface area contributed by atoms with Gasteiger partial charge < -0.3 is 10.6 Å². The highest BCUT2D eigenvalue weighted by Gasteiger charge is 2.30. The number of primary amides is 1. The molecule has 1 aliphatic heterocycles. The molecule has 0 aromatic carbocycles. The molecule has 24 heavy (non-hydrogen) atoms. The molecule has 2 unspecified atom stereocenters. The molecule has 2 N–H and O–H groups in total. The number of piperidine rings is 1. The summed E-state index contributed by atoms with van der Waals surface area (Å²) < 4.78 is 2.00. The predicted molar refractivity (Wildman–Crippen MR) is 94.7 cm³/mol. The van der Waals surface area contributed by atoms with Gasteiger partial charge in [0.2, 0.25) is 11.8 Å². The summed E-state index contributed by atoms with van der Waals surface area (Å²) in [5.41, 5.74) is 7.22. The first kappa shape index (κ1) is 16.7. The van der Waals surface area contributed by atoms with Gasteiger partial charge in [0.15, 0.2) is 4.96 Å². The molecule has 0 aliphatic carbocycles. The molecule has 1 fully saturated rings. The van der Waals surface area contributed by atoms with Crippen molar-refractivity contribution in [1.29, 1.82) is 0 Å². The second kappa shape index (κ2) is 6.39. The zero-order valence-electron chi connectivity index (χ0n) is 14.2. The topological polar surface area (TPSA) is 80.7 Å². The van der Waals surface area contributed by atoms with Crippen LogP contribution in [0.1, 0.15) is 36.0 Å². The van der Waals surface area contributed by atoms with Gasteiger partial charge in [0.05, 0.1) is 17.3 Å². The lowest BCUT2D eigenvalue weighted by atomic mass is 9.93. The van der Waals surface area contributed by atoms with Gasteiger partial charge in [-0.3, -0.25) is 14.0 Å². The summed E-state index contributed by atoms with van der Waals surface area (Å²) in [6.07, 6.45) is 6.96. The van der Waals surface area contributed by atoms with Crippen LogP contribution in [0.2, 0.25) is 0 Å². The van der Waals surface area contributed by atoms with Crippen molar-refractivity contribution < 1.29 is 9.59 Å². The van der Waals surface area contributed by atoms with Crippen molar-refractivity contribution in [2.24, 2.45) is 11.7 Å². The minimum absolute atomic E-state index is 0.0882. The minimum atomic E-state index is -0.328. The van der Waals surface area contributed by atoms with Gasteiger partial charge in [0.25, 0.3) is 0 Å². The second-order valence-electron chi connectivity index (χ2n) is 6.43. The van der Waals surface area contributed by atoms with Gasteiger partial charge in [-0.25, -0.2) is 4.98 Å². The number of rotatable bonds is 3. The predicted octanol–water partition coefficient (Wildman–Crippen LogP) is 2.14. The number of aryl methyl sites for hydroxylation is 2. The summed E-state index contributed by atoms with van der Waals surface area (Å²) in [4.78, 5) is 32.4. The zero-order chi connectivity index (χ0) is 17.4. The van der Waals surface area contributed by atoms with Crippen LogP contribution in [0.5, 0.6) is 0 Å². The number of nitrogens with two attached hydrogens (primary N) is 1. The number of likely N-dealkylation sites (tertiary alicyclic amines) is 1. The summed E-state index contributed by atoms with van der Waals surface area (Å²) in [7, 11) is 0. The van der Waals surface area contributed by atoms with E-state index in [1.165, 1.54) is 4.88 Å². The van der Waals surface area contributed by atoms with Crippen LogP contribution >= 0.6 is 11.3 Å². The van der Waals surface area contributed by atoms with E-state index in [9.17, 15) is 9.59 Å². The van der Waals surface area contributed by atoms with E-state index in [0.29, 0.717) is 6.54 Å². The van der Waals surface area contributed by atoms with Crippen LogP contribution < -0.4 is 5.73 Å². The molecule has 128 valence electrons. The van der Waals surface area contributed by atoms with Gasteiger partial charge in [0, 0.05) is 29.7 Å². The smallest absolute Gasteiger partial charge is 0.246 e. The highest BCUT2D eigenvalue weighted by molar-refractivity contribution is 7.17. The third-order valence-corrected chi connectivity index (χ3v) is 5.51. The highest BCUT2D eigenvalue weighted by Crippen LogP contribution is 2.24. The Morgan fingerprint density at radius 3 is 2.83 bits per heavy atom. The largest absolute Gasteiger partial charge is 0.369 e. The van der Waals surface area contributed by atoms with E-state index in [1.807, 2.05) is 37.4 Å². The number of nitrogens with zero attached hydrogens (tertiary/aromatic N) is 3. The number of thiazole rings is 1. The summed E-state index contributed by atoms with van der Waals surface area (Å²) in [6, 6.07) is 0.118. The average Bonchev–Trinajstić information content (AvgIpc) is 3.00. The summed E-state index contributed by atoms with van der Waals surface area (Å²) in [6.45, 7) is 6.38. The molecule has 0 saturated carbocycles. The van der Waals surface area contributed by atoms with Crippen LogP contribution in [-0.2, 0) is 9.59 Å². The number of aromatic nitrogens is 2. The molecule has 7 heteroatoms. The maximum atomic E-state index is 12.6. The molecule has 2 aromatic rings. The Morgan fingerprint density at radius 1 is 1.38 bits per heavy atom. The quantitative estimate of drug-likeness (QED) is 0.865. The van der Waals surface area contributed by atoms with Crippen LogP contribution in [0, 0.1) is 19.8 Å². The van der Waals surface area contributed by atoms with Crippen LogP contribution in [-0.4, -0.2) is 38.7 Å². The van der Waals surface area contributed by atoms with E-state index in [2.05, 4.69) is 4.98 Å². The molecule has 3 rings (SSSR count). The van der Waals surface area contributed by atoms with Gasteiger partial charge >= 0.3 is 0 Å². The Morgan fingerprint density at radius 2 is 2.12 bits per heavy atom. The van der Waals surface area contributed by atoms with Crippen molar-refractivity contribution in [2.75, 3.05) is 6.54 Å². The van der Waals surface area contributed by atoms with Crippen molar-refractivity contribution >= 4 is 34.2 Å². The Bertz CT molecular complexity index is 820. The molecule has 1 saturated heterocycles. The van der Waals surface area contributed by atoms with E-state index in [1.54, 1.807) is 22.3 Å². The highest BCUT2D eigenvalue weighted by atomic mass is 32.1. The van der Waals surface area contributed by atoms with E-state index < -0.39 is 0 Å². The van der Waals surface area contributed by atoms with Gasteiger partial charge in [-0.05, 0) is 39.7 Å². The lowest BCUT2D eigenvalue weighted by Gasteiger charge is -2.36. The summed E-state index contributed by atoms with van der Waals surface area (Å²) in [5.74, 6) is -0.665. The van der Waals surface area contributed by atoms with Crippen LogP contribution in [0.15, 0.2) is 12.3 Å². The number of hydrogen-bond acceptors (Lipinski definition) is 4. The Labute approximate surface area is 145 Å². The van der Waals surface area contributed by atoms with E-state index in [-0.39, 0.29) is 23.8 Å². The molecule has 2 atom stereocenters. The molecule has 0 radical (unpaired) electrons. The lowest BCUT2D eigenvalue weighted by Crippen LogP contribution is -2.48. The number of fused-ring (bicyclic) bond motifs is 1. The molecule has 0 bridgehead atoms. The zero-order valence-corrected chi connectivity index (χ0v) is 15.0. The SMILES string of the molecule is Cc1cn2c(/C=C/C(=O)N3CC(C(N)=O)CCC3C)c(C)nc2s1. The normalized spacial score (nSPS) is 21.7. The number of carbonyl (C=O) groups is 2. The second-order valence-corrected chi connectivity index (χ2v) is 7.64. The van der Waals surface area contributed by atoms with Crippen molar-refractivity contribution in [1.82, 2.24) is 14.3 Å². The van der Waals surface area contributed by atoms with Crippen LogP contribution in [0.4, 0.5) is 0 Å². The summed E-state index contributed by atoms with van der Waals surface area (Å²) in [5, 5.41) is 0. The average molecular weight is 346 g/mol. The molecular weight excluding hydrogens is 324 g/mol. The first-order valence-electron chi connectivity index (χ1n) is 8.10. The molecule has 2 amide bonds. The lowest BCUT2D eigenvalue weighted by molar-refractivity contribution is -0.133. The third-order valence-electron chi connectivity index (χ3n) is 4.61. The molecule has 3 heterocycles. The van der Waals surface area contributed by atoms with Crippen LogP contribution in [0.25, 0.3) is 11.0 Å². The number of carbonyl (C=O) groups excluding carboxylic acids is 2. The summed E-state index contributed by atoms with van der Waals surface area (Å²) >= 11 is 1.62. The fourth-order valence-corrected chi connectivity index (χ4v) is 4.05. The maximum absolute atomic E-state index is 12.6. The third kappa shape index (κ3) is 3.08. The van der Waals surface area contributed by atoms with Crippen molar-refractivity contribution in [3.05, 3.63) is 28.5 Å². The standard InChI is InChI=1S/C17H22N4O2S/c1-10-4-5-13(16(18)23)9-20(10)15(22)7-6-14-12(3)19-17-21(14)8-11(2)24-17/h6-8,10,13H,4-5,9H2,1-3H3,(H2,18,23)/b7-6+. The first-order valence-corrected chi connectivity index (χ1v) is 8.91. The Balaban J connectivity index is 1.81. The van der Waals surface area contributed by atoms with Crippen LogP contribution in [0.3, 0.4) is 0 Å². The fourth-order valence-electron chi connectivity index (χ4n) is 3.17. The Hall–Kier alpha value is -2.15. The first-order chi connectivity index (χ1) is 11.4. The molecule has 0 spiro atoms. The monoisotopic (exact) mass is 346 g/mol. The van der Waals surface area contributed by atoms with E-state index in [4.69, 9.17) is 5.73 Å². The Kier molecular flexibility index (Phi) is 4.45. The molecular formula is C17H22N4O2S. The van der Waals surface area contributed by atoms with Crippen molar-refractivity contribution in [3.8, 4) is 0 Å². The van der Waals surface area contributed by atoms with E-state index >= 15 is 0 Å². The molecule has 2 aromatic heterocycles. The minimum Gasteiger partial charge on any atom is -0.369 e. The van der Waals surface area contributed by atoms with E-state index in [0.717, 1.165) is 29.2 Å². The molecule has 6 nitrogen and oxygen atoms in total. The molecule has 1 aliphatic rings. The van der Waals surface area contributed by atoms with Gasteiger partial charge in [-0.2, -0.15) is 0 Å². The van der Waals surface area contributed by atoms with Crippen molar-refractivity contribution in [2.45, 2.75) is 39.7 Å².